The van der Waals surface area contributed by atoms with Crippen molar-refractivity contribution >= 4 is 24.0 Å². The van der Waals surface area contributed by atoms with E-state index in [9.17, 15) is 8.78 Å². The molecule has 0 aliphatic heterocycles. The van der Waals surface area contributed by atoms with Gasteiger partial charge in [0.2, 0.25) is 0 Å². The molecule has 5 heteroatoms. The molecular formula is C9H11Cl2F2N. The summed E-state index contributed by atoms with van der Waals surface area (Å²) in [7, 11) is 0. The highest BCUT2D eigenvalue weighted by atomic mass is 35.5. The fraction of sp³-hybridized carbons (Fsp3) is 0.333. The van der Waals surface area contributed by atoms with E-state index >= 15 is 0 Å². The van der Waals surface area contributed by atoms with Gasteiger partial charge in [0, 0.05) is 16.6 Å². The molecular weight excluding hydrogens is 231 g/mol. The summed E-state index contributed by atoms with van der Waals surface area (Å²) in [6, 6.07) is 3.60. The summed E-state index contributed by atoms with van der Waals surface area (Å²) in [5.41, 5.74) is 5.84. The van der Waals surface area contributed by atoms with Crippen LogP contribution >= 0.6 is 24.0 Å². The highest BCUT2D eigenvalue weighted by Crippen LogP contribution is 2.21. The van der Waals surface area contributed by atoms with Gasteiger partial charge in [-0.15, -0.1) is 12.4 Å². The van der Waals surface area contributed by atoms with E-state index in [1.807, 2.05) is 0 Å². The van der Waals surface area contributed by atoms with Gasteiger partial charge in [-0.3, -0.25) is 4.39 Å². The van der Waals surface area contributed by atoms with Crippen molar-refractivity contribution < 1.29 is 8.78 Å². The summed E-state index contributed by atoms with van der Waals surface area (Å²) in [6.07, 6.45) is 0.124. The van der Waals surface area contributed by atoms with Gasteiger partial charge in [0.1, 0.15) is 5.82 Å². The van der Waals surface area contributed by atoms with E-state index in [1.165, 1.54) is 18.2 Å². The average molecular weight is 242 g/mol. The summed E-state index contributed by atoms with van der Waals surface area (Å²) < 4.78 is 25.0. The third kappa shape index (κ3) is 3.40. The maximum absolute atomic E-state index is 13.1. The van der Waals surface area contributed by atoms with Crippen LogP contribution in [-0.2, 0) is 0 Å². The lowest BCUT2D eigenvalue weighted by molar-refractivity contribution is 0.435. The monoisotopic (exact) mass is 241 g/mol. The van der Waals surface area contributed by atoms with E-state index in [0.29, 0.717) is 10.6 Å². The lowest BCUT2D eigenvalue weighted by atomic mass is 10.1. The van der Waals surface area contributed by atoms with E-state index in [0.717, 1.165) is 0 Å². The van der Waals surface area contributed by atoms with Crippen LogP contribution in [0.5, 0.6) is 0 Å². The molecule has 0 fully saturated rings. The molecule has 0 aromatic heterocycles. The lowest BCUT2D eigenvalue weighted by Crippen LogP contribution is -2.12. The number of halogens is 4. The van der Waals surface area contributed by atoms with Crippen molar-refractivity contribution in [2.75, 3.05) is 6.67 Å². The Bertz CT molecular complexity index is 294. The Morgan fingerprint density at radius 3 is 2.57 bits per heavy atom. The van der Waals surface area contributed by atoms with Crippen LogP contribution in [-0.4, -0.2) is 6.67 Å². The Morgan fingerprint density at radius 1 is 1.43 bits per heavy atom. The first-order chi connectivity index (χ1) is 6.15. The zero-order valence-corrected chi connectivity index (χ0v) is 8.92. The van der Waals surface area contributed by atoms with Crippen molar-refractivity contribution in [3.8, 4) is 0 Å². The van der Waals surface area contributed by atoms with Gasteiger partial charge in [-0.05, 0) is 18.6 Å². The summed E-state index contributed by atoms with van der Waals surface area (Å²) >= 11 is 5.54. The third-order valence-corrected chi connectivity index (χ3v) is 2.02. The topological polar surface area (TPSA) is 26.0 Å². The van der Waals surface area contributed by atoms with Crippen LogP contribution in [0.25, 0.3) is 0 Å². The van der Waals surface area contributed by atoms with Gasteiger partial charge in [0.25, 0.3) is 0 Å². The largest absolute Gasteiger partial charge is 0.324 e. The molecule has 0 saturated heterocycles. The zero-order chi connectivity index (χ0) is 9.84. The van der Waals surface area contributed by atoms with Crippen LogP contribution in [0.1, 0.15) is 18.0 Å². The molecule has 0 amide bonds. The number of alkyl halides is 1. The number of rotatable bonds is 3. The van der Waals surface area contributed by atoms with Gasteiger partial charge in [0.15, 0.2) is 0 Å². The smallest absolute Gasteiger partial charge is 0.129 e. The quantitative estimate of drug-likeness (QED) is 0.864. The van der Waals surface area contributed by atoms with Crippen LogP contribution in [0.2, 0.25) is 5.02 Å². The van der Waals surface area contributed by atoms with Crippen LogP contribution in [0.3, 0.4) is 0 Å². The second-order valence-electron chi connectivity index (χ2n) is 2.75. The molecule has 0 unspecified atom stereocenters. The molecule has 1 aromatic carbocycles. The second-order valence-corrected chi connectivity index (χ2v) is 3.19. The zero-order valence-electron chi connectivity index (χ0n) is 7.34. The van der Waals surface area contributed by atoms with Crippen molar-refractivity contribution in [3.05, 3.63) is 34.6 Å². The Morgan fingerprint density at radius 2 is 2.07 bits per heavy atom. The molecule has 0 bridgehead atoms. The second kappa shape index (κ2) is 6.17. The third-order valence-electron chi connectivity index (χ3n) is 1.78. The number of nitrogens with two attached hydrogens (primary N) is 1. The number of hydrogen-bond acceptors (Lipinski definition) is 1. The standard InChI is InChI=1S/C9H10ClF2N.ClH/c10-6-1-2-7(8(12)5-6)9(13)3-4-11;/h1-2,5,9H,3-4,13H2;1H/t9-;/m1./s1. The Kier molecular flexibility index (Phi) is 6.00. The molecule has 0 heterocycles. The summed E-state index contributed by atoms with van der Waals surface area (Å²) in [5, 5.41) is 0.314. The fourth-order valence-electron chi connectivity index (χ4n) is 1.08. The van der Waals surface area contributed by atoms with E-state index in [4.69, 9.17) is 17.3 Å². The highest BCUT2D eigenvalue weighted by Gasteiger charge is 2.10. The Labute approximate surface area is 92.7 Å². The van der Waals surface area contributed by atoms with Crippen molar-refractivity contribution in [1.82, 2.24) is 0 Å². The Hall–Kier alpha value is -0.380. The molecule has 1 atom stereocenters. The van der Waals surface area contributed by atoms with E-state index in [1.54, 1.807) is 0 Å². The van der Waals surface area contributed by atoms with E-state index in [2.05, 4.69) is 0 Å². The summed E-state index contributed by atoms with van der Waals surface area (Å²) in [4.78, 5) is 0. The predicted octanol–water partition coefficient (Wildman–Crippen LogP) is 3.26. The molecule has 0 aliphatic rings. The number of hydrogen-bond donors (Lipinski definition) is 1. The average Bonchev–Trinajstić information content (AvgIpc) is 2.04. The van der Waals surface area contributed by atoms with Gasteiger partial charge in [0.05, 0.1) is 6.67 Å². The first-order valence-corrected chi connectivity index (χ1v) is 4.29. The first-order valence-electron chi connectivity index (χ1n) is 3.91. The predicted molar refractivity (Wildman–Crippen MR) is 56.2 cm³/mol. The lowest BCUT2D eigenvalue weighted by Gasteiger charge is -2.10. The van der Waals surface area contributed by atoms with Gasteiger partial charge in [-0.1, -0.05) is 17.7 Å². The summed E-state index contributed by atoms with van der Waals surface area (Å²) in [5.74, 6) is -0.478. The van der Waals surface area contributed by atoms with Crippen LogP contribution in [0.4, 0.5) is 8.78 Å². The molecule has 0 radical (unpaired) electrons. The molecule has 2 N–H and O–H groups in total. The fourth-order valence-corrected chi connectivity index (χ4v) is 1.23. The van der Waals surface area contributed by atoms with Gasteiger partial charge in [-0.25, -0.2) is 4.39 Å². The Balaban J connectivity index is 0.00000169. The van der Waals surface area contributed by atoms with Crippen molar-refractivity contribution in [2.45, 2.75) is 12.5 Å². The van der Waals surface area contributed by atoms with Gasteiger partial charge >= 0.3 is 0 Å². The molecule has 1 aromatic rings. The van der Waals surface area contributed by atoms with Crippen molar-refractivity contribution in [3.63, 3.8) is 0 Å². The van der Waals surface area contributed by atoms with Gasteiger partial charge < -0.3 is 5.73 Å². The SMILES string of the molecule is Cl.N[C@H](CCF)c1ccc(Cl)cc1F. The number of benzene rings is 1. The van der Waals surface area contributed by atoms with Crippen LogP contribution in [0, 0.1) is 5.82 Å². The van der Waals surface area contributed by atoms with Crippen molar-refractivity contribution in [1.29, 1.82) is 0 Å². The molecule has 14 heavy (non-hydrogen) atoms. The minimum Gasteiger partial charge on any atom is -0.324 e. The molecule has 1 nitrogen and oxygen atoms in total. The molecule has 0 spiro atoms. The first kappa shape index (κ1) is 13.6. The van der Waals surface area contributed by atoms with E-state index < -0.39 is 18.5 Å². The molecule has 1 rings (SSSR count). The normalized spacial score (nSPS) is 12.0. The summed E-state index contributed by atoms with van der Waals surface area (Å²) in [6.45, 7) is -0.552. The maximum atomic E-state index is 13.1. The van der Waals surface area contributed by atoms with E-state index in [-0.39, 0.29) is 18.8 Å². The maximum Gasteiger partial charge on any atom is 0.129 e. The minimum atomic E-state index is -0.595. The van der Waals surface area contributed by atoms with Crippen LogP contribution in [0.15, 0.2) is 18.2 Å². The van der Waals surface area contributed by atoms with Crippen LogP contribution < -0.4 is 5.73 Å². The van der Waals surface area contributed by atoms with Crippen molar-refractivity contribution in [2.24, 2.45) is 5.73 Å². The van der Waals surface area contributed by atoms with Gasteiger partial charge in [-0.2, -0.15) is 0 Å². The molecule has 80 valence electrons. The minimum absolute atomic E-state index is 0. The molecule has 0 saturated carbocycles. The highest BCUT2D eigenvalue weighted by molar-refractivity contribution is 6.30. The molecule has 0 aliphatic carbocycles.